The molecule has 2 atom stereocenters. The number of halogens is 1. The van der Waals surface area contributed by atoms with Crippen LogP contribution in [0.25, 0.3) is 0 Å². The Morgan fingerprint density at radius 1 is 1.21 bits per heavy atom. The Morgan fingerprint density at radius 3 is 2.75 bits per heavy atom. The lowest BCUT2D eigenvalue weighted by Gasteiger charge is -2.31. The van der Waals surface area contributed by atoms with Gasteiger partial charge in [-0.2, -0.15) is 0 Å². The fraction of sp³-hybridized carbons (Fsp3) is 0.238. The molecule has 0 aliphatic carbocycles. The molecule has 2 aliphatic rings. The molecule has 1 fully saturated rings. The summed E-state index contributed by atoms with van der Waals surface area (Å²) in [6.45, 7) is 1.87. The van der Waals surface area contributed by atoms with Crippen molar-refractivity contribution in [2.45, 2.75) is 25.4 Å². The lowest BCUT2D eigenvalue weighted by molar-refractivity contribution is -0.137. The highest BCUT2D eigenvalue weighted by Gasteiger charge is 2.40. The Hall–Kier alpha value is -2.83. The number of aryl methyl sites for hydroxylation is 1. The minimum Gasteiger partial charge on any atom is -0.323 e. The Morgan fingerprint density at radius 2 is 2.00 bits per heavy atom. The molecule has 2 heterocycles. The summed E-state index contributed by atoms with van der Waals surface area (Å²) >= 11 is 6.17. The number of hydrogen-bond donors (Lipinski definition) is 2. The van der Waals surface area contributed by atoms with Crippen molar-refractivity contribution in [2.75, 3.05) is 11.9 Å². The summed E-state index contributed by atoms with van der Waals surface area (Å²) in [5.41, 5.74) is 6.04. The van der Waals surface area contributed by atoms with Gasteiger partial charge in [-0.05, 0) is 36.6 Å². The molecule has 2 N–H and O–H groups in total. The van der Waals surface area contributed by atoms with Crippen LogP contribution in [0, 0.1) is 6.92 Å². The van der Waals surface area contributed by atoms with E-state index in [4.69, 9.17) is 11.6 Å². The smallest absolute Gasteiger partial charge is 0.251 e. The summed E-state index contributed by atoms with van der Waals surface area (Å²) in [6.07, 6.45) is 4.09. The summed E-state index contributed by atoms with van der Waals surface area (Å²) in [5.74, 6) is -0.388. The van der Waals surface area contributed by atoms with Gasteiger partial charge in [0.1, 0.15) is 12.6 Å². The van der Waals surface area contributed by atoms with Crippen LogP contribution in [-0.2, 0) is 9.59 Å². The van der Waals surface area contributed by atoms with Crippen LogP contribution < -0.4 is 10.7 Å². The van der Waals surface area contributed by atoms with Gasteiger partial charge in [0.05, 0.1) is 16.8 Å². The predicted molar refractivity (Wildman–Crippen MR) is 108 cm³/mol. The van der Waals surface area contributed by atoms with Crippen molar-refractivity contribution in [1.29, 1.82) is 0 Å². The molecule has 0 bridgehead atoms. The van der Waals surface area contributed by atoms with E-state index in [-0.39, 0.29) is 30.4 Å². The van der Waals surface area contributed by atoms with Crippen molar-refractivity contribution >= 4 is 29.1 Å². The zero-order valence-corrected chi connectivity index (χ0v) is 16.2. The SMILES string of the molecule is Cc1ccc(NC(=O)CN2C=CN3NC(c4ccccc4)CC3C2=O)c(Cl)c1. The highest BCUT2D eigenvalue weighted by atomic mass is 35.5. The standard InChI is InChI=1S/C21H21ClN4O2/c1-14-7-8-17(16(22)11-14)23-20(27)13-25-9-10-26-19(21(25)28)12-18(24-26)15-5-3-2-4-6-15/h2-11,18-19,24H,12-13H2,1H3,(H,23,27). The van der Waals surface area contributed by atoms with Gasteiger partial charge < -0.3 is 15.2 Å². The molecule has 2 unspecified atom stereocenters. The molecule has 2 aromatic carbocycles. The van der Waals surface area contributed by atoms with E-state index >= 15 is 0 Å². The normalized spacial score (nSPS) is 21.0. The molecular formula is C21H21ClN4O2. The van der Waals surface area contributed by atoms with Crippen LogP contribution in [-0.4, -0.2) is 34.3 Å². The Kier molecular flexibility index (Phi) is 5.07. The number of benzene rings is 2. The average molecular weight is 397 g/mol. The van der Waals surface area contributed by atoms with E-state index in [0.29, 0.717) is 17.1 Å². The third-order valence-electron chi connectivity index (χ3n) is 4.99. The van der Waals surface area contributed by atoms with Crippen LogP contribution in [0.5, 0.6) is 0 Å². The van der Waals surface area contributed by atoms with Crippen LogP contribution in [0.3, 0.4) is 0 Å². The van der Waals surface area contributed by atoms with Crippen LogP contribution in [0.2, 0.25) is 5.02 Å². The number of amides is 2. The molecule has 144 valence electrons. The molecule has 2 aromatic rings. The Balaban J connectivity index is 1.40. The lowest BCUT2D eigenvalue weighted by atomic mass is 10.0. The topological polar surface area (TPSA) is 64.7 Å². The van der Waals surface area contributed by atoms with Crippen molar-refractivity contribution in [2.24, 2.45) is 0 Å². The second kappa shape index (κ2) is 7.66. The molecule has 0 spiro atoms. The molecule has 2 amide bonds. The second-order valence-electron chi connectivity index (χ2n) is 7.05. The molecule has 2 aliphatic heterocycles. The maximum atomic E-state index is 12.9. The lowest BCUT2D eigenvalue weighted by Crippen LogP contribution is -2.49. The van der Waals surface area contributed by atoms with E-state index in [1.54, 1.807) is 24.5 Å². The Labute approximate surface area is 168 Å². The number of nitrogens with one attached hydrogen (secondary N) is 2. The van der Waals surface area contributed by atoms with Crippen molar-refractivity contribution < 1.29 is 9.59 Å². The van der Waals surface area contributed by atoms with Gasteiger partial charge in [0, 0.05) is 12.4 Å². The summed E-state index contributed by atoms with van der Waals surface area (Å²) < 4.78 is 0. The quantitative estimate of drug-likeness (QED) is 0.832. The van der Waals surface area contributed by atoms with Gasteiger partial charge in [-0.15, -0.1) is 0 Å². The van der Waals surface area contributed by atoms with Crippen molar-refractivity contribution in [3.05, 3.63) is 77.1 Å². The molecule has 28 heavy (non-hydrogen) atoms. The van der Waals surface area contributed by atoms with E-state index in [1.807, 2.05) is 48.3 Å². The molecular weight excluding hydrogens is 376 g/mol. The fourth-order valence-electron chi connectivity index (χ4n) is 3.54. The monoisotopic (exact) mass is 396 g/mol. The highest BCUT2D eigenvalue weighted by Crippen LogP contribution is 2.30. The van der Waals surface area contributed by atoms with Gasteiger partial charge in [-0.25, -0.2) is 5.43 Å². The molecule has 0 aromatic heterocycles. The van der Waals surface area contributed by atoms with E-state index in [2.05, 4.69) is 10.7 Å². The van der Waals surface area contributed by atoms with Crippen molar-refractivity contribution in [3.63, 3.8) is 0 Å². The number of hydrazine groups is 1. The number of carbonyl (C=O) groups is 2. The van der Waals surface area contributed by atoms with E-state index in [0.717, 1.165) is 11.1 Å². The van der Waals surface area contributed by atoms with Gasteiger partial charge in [0.15, 0.2) is 0 Å². The minimum absolute atomic E-state index is 0.0557. The van der Waals surface area contributed by atoms with Gasteiger partial charge in [-0.1, -0.05) is 48.0 Å². The zero-order chi connectivity index (χ0) is 19.7. The summed E-state index contributed by atoms with van der Waals surface area (Å²) in [7, 11) is 0. The maximum Gasteiger partial charge on any atom is 0.251 e. The Bertz CT molecular complexity index is 931. The van der Waals surface area contributed by atoms with Crippen LogP contribution in [0.1, 0.15) is 23.6 Å². The molecule has 1 saturated heterocycles. The second-order valence-corrected chi connectivity index (χ2v) is 7.45. The highest BCUT2D eigenvalue weighted by molar-refractivity contribution is 6.33. The predicted octanol–water partition coefficient (Wildman–Crippen LogP) is 3.22. The number of anilines is 1. The first-order chi connectivity index (χ1) is 13.5. The maximum absolute atomic E-state index is 12.9. The minimum atomic E-state index is -0.328. The molecule has 6 nitrogen and oxygen atoms in total. The fourth-order valence-corrected chi connectivity index (χ4v) is 3.82. The first-order valence-corrected chi connectivity index (χ1v) is 9.53. The molecule has 4 rings (SSSR count). The van der Waals surface area contributed by atoms with Gasteiger partial charge >= 0.3 is 0 Å². The van der Waals surface area contributed by atoms with Crippen LogP contribution in [0.4, 0.5) is 5.69 Å². The van der Waals surface area contributed by atoms with Gasteiger partial charge in [0.25, 0.3) is 5.91 Å². The number of rotatable bonds is 4. The first kappa shape index (κ1) is 18.5. The van der Waals surface area contributed by atoms with E-state index < -0.39 is 0 Å². The van der Waals surface area contributed by atoms with Crippen molar-refractivity contribution in [1.82, 2.24) is 15.3 Å². The largest absolute Gasteiger partial charge is 0.323 e. The summed E-state index contributed by atoms with van der Waals surface area (Å²) in [6, 6.07) is 15.2. The third kappa shape index (κ3) is 3.74. The molecule has 7 heteroatoms. The summed E-state index contributed by atoms with van der Waals surface area (Å²) in [5, 5.41) is 5.07. The number of nitrogens with zero attached hydrogens (tertiary/aromatic N) is 2. The van der Waals surface area contributed by atoms with E-state index in [9.17, 15) is 9.59 Å². The number of fused-ring (bicyclic) bond motifs is 1. The average Bonchev–Trinajstić information content (AvgIpc) is 3.12. The van der Waals surface area contributed by atoms with Crippen LogP contribution in [0.15, 0.2) is 60.9 Å². The van der Waals surface area contributed by atoms with Crippen molar-refractivity contribution in [3.8, 4) is 0 Å². The van der Waals surface area contributed by atoms with Gasteiger partial charge in [0.2, 0.25) is 5.91 Å². The summed E-state index contributed by atoms with van der Waals surface area (Å²) in [4.78, 5) is 26.7. The first-order valence-electron chi connectivity index (χ1n) is 9.15. The molecule has 0 radical (unpaired) electrons. The zero-order valence-electron chi connectivity index (χ0n) is 15.4. The van der Waals surface area contributed by atoms with Gasteiger partial charge in [-0.3, -0.25) is 9.59 Å². The third-order valence-corrected chi connectivity index (χ3v) is 5.30. The van der Waals surface area contributed by atoms with E-state index in [1.165, 1.54) is 4.90 Å². The molecule has 0 saturated carbocycles. The van der Waals surface area contributed by atoms with Crippen LogP contribution >= 0.6 is 11.6 Å². The number of hydrogen-bond acceptors (Lipinski definition) is 4. The number of carbonyl (C=O) groups excluding carboxylic acids is 2.